The zero-order valence-electron chi connectivity index (χ0n) is 8.98. The topological polar surface area (TPSA) is 32.8 Å². The van der Waals surface area contributed by atoms with Gasteiger partial charge in [-0.05, 0) is 35.8 Å². The summed E-state index contributed by atoms with van der Waals surface area (Å²) >= 11 is 7.04. The molecule has 18 heavy (non-hydrogen) atoms. The molecule has 0 aliphatic heterocycles. The Morgan fingerprint density at radius 2 is 1.94 bits per heavy atom. The van der Waals surface area contributed by atoms with Crippen molar-refractivity contribution in [2.24, 2.45) is 0 Å². The van der Waals surface area contributed by atoms with Crippen LogP contribution in [0, 0.1) is 5.82 Å². The van der Waals surface area contributed by atoms with Crippen molar-refractivity contribution < 1.29 is 9.50 Å². The molecule has 1 heterocycles. The van der Waals surface area contributed by atoms with Gasteiger partial charge in [0.15, 0.2) is 5.75 Å². The lowest BCUT2D eigenvalue weighted by Crippen LogP contribution is -1.83. The third kappa shape index (κ3) is 1.65. The molecule has 0 saturated heterocycles. The van der Waals surface area contributed by atoms with Crippen molar-refractivity contribution >= 4 is 33.2 Å². The van der Waals surface area contributed by atoms with E-state index in [4.69, 9.17) is 11.6 Å². The van der Waals surface area contributed by atoms with Crippen LogP contribution in [-0.4, -0.2) is 4.37 Å². The minimum atomic E-state index is -0.341. The second-order valence-corrected chi connectivity index (χ2v) is 4.92. The monoisotopic (exact) mass is 278 g/mol. The van der Waals surface area contributed by atoms with Crippen molar-refractivity contribution in [3.8, 4) is 17.0 Å². The number of fused-ring (bicyclic) bond motifs is 1. The Morgan fingerprint density at radius 3 is 2.72 bits per heavy atom. The van der Waals surface area contributed by atoms with E-state index in [0.717, 1.165) is 11.5 Å². The molecule has 0 spiro atoms. The van der Waals surface area contributed by atoms with Gasteiger partial charge in [-0.25, -0.2) is 4.39 Å². The van der Waals surface area contributed by atoms with Gasteiger partial charge in [0.05, 0.1) is 10.4 Å². The van der Waals surface area contributed by atoms with Crippen molar-refractivity contribution in [3.63, 3.8) is 0 Å². The highest BCUT2D eigenvalue weighted by Gasteiger charge is 2.16. The lowest BCUT2D eigenvalue weighted by atomic mass is 10.1. The Labute approximate surface area is 111 Å². The molecule has 0 fully saturated rings. The quantitative estimate of drug-likeness (QED) is 0.623. The Morgan fingerprint density at radius 1 is 1.17 bits per heavy atom. The summed E-state index contributed by atoms with van der Waals surface area (Å²) in [6, 6.07) is 9.41. The molecule has 3 rings (SSSR count). The van der Waals surface area contributed by atoms with Crippen molar-refractivity contribution in [2.45, 2.75) is 0 Å². The molecule has 1 aromatic heterocycles. The summed E-state index contributed by atoms with van der Waals surface area (Å²) in [5, 5.41) is 12.3. The Kier molecular flexibility index (Phi) is 2.69. The average molecular weight is 279 g/mol. The smallest absolute Gasteiger partial charge is 0.198 e. The predicted molar refractivity (Wildman–Crippen MR) is 70.2 cm³/mol. The van der Waals surface area contributed by atoms with Gasteiger partial charge in [0.25, 0.3) is 0 Å². The molecule has 2 aromatic carbocycles. The van der Waals surface area contributed by atoms with E-state index in [0.29, 0.717) is 21.3 Å². The van der Waals surface area contributed by atoms with Crippen LogP contribution < -0.4 is 0 Å². The van der Waals surface area contributed by atoms with Gasteiger partial charge in [-0.2, -0.15) is 4.37 Å². The molecule has 0 aliphatic rings. The van der Waals surface area contributed by atoms with Gasteiger partial charge < -0.3 is 0 Å². The third-order valence-electron chi connectivity index (χ3n) is 2.67. The summed E-state index contributed by atoms with van der Waals surface area (Å²) < 4.78 is 18.5. The van der Waals surface area contributed by atoms with Crippen molar-refractivity contribution in [1.29, 1.82) is 0 Å². The van der Waals surface area contributed by atoms with Gasteiger partial charge in [-0.1, -0.05) is 23.7 Å². The molecule has 0 atom stereocenters. The summed E-state index contributed by atoms with van der Waals surface area (Å²) in [4.78, 5) is 0. The molecule has 0 unspecified atom stereocenters. The van der Waals surface area contributed by atoms with Gasteiger partial charge in [-0.3, -0.25) is 5.11 Å². The Bertz CT molecular complexity index is 741. The van der Waals surface area contributed by atoms with Crippen LogP contribution in [0.15, 0.2) is 36.4 Å². The van der Waals surface area contributed by atoms with Crippen LogP contribution in [0.25, 0.3) is 21.3 Å². The summed E-state index contributed by atoms with van der Waals surface area (Å²) in [5.74, 6) is -0.583. The number of benzene rings is 2. The minimum Gasteiger partial charge on any atom is -0.288 e. The highest BCUT2D eigenvalue weighted by Crippen LogP contribution is 2.40. The number of aromatic nitrogens is 1. The fourth-order valence-electron chi connectivity index (χ4n) is 1.80. The van der Waals surface area contributed by atoms with Gasteiger partial charge in [0, 0.05) is 10.9 Å². The molecule has 0 N–H and O–H groups in total. The van der Waals surface area contributed by atoms with Crippen molar-refractivity contribution in [3.05, 3.63) is 47.2 Å². The van der Waals surface area contributed by atoms with Crippen LogP contribution in [0.4, 0.5) is 4.39 Å². The normalized spacial score (nSPS) is 11.0. The van der Waals surface area contributed by atoms with Crippen LogP contribution in [0.3, 0.4) is 0 Å². The van der Waals surface area contributed by atoms with Crippen LogP contribution in [0.5, 0.6) is 5.75 Å². The van der Waals surface area contributed by atoms with E-state index in [1.807, 2.05) is 0 Å². The summed E-state index contributed by atoms with van der Waals surface area (Å²) in [5.41, 5.74) is 0.938. The number of halogens is 2. The maximum atomic E-state index is 13.7. The fourth-order valence-corrected chi connectivity index (χ4v) is 2.89. The third-order valence-corrected chi connectivity index (χ3v) is 4.04. The lowest BCUT2D eigenvalue weighted by molar-refractivity contribution is 0.356. The number of hydrogen-bond acceptors (Lipinski definition) is 2. The molecule has 89 valence electrons. The Balaban J connectivity index is 2.32. The van der Waals surface area contributed by atoms with Crippen molar-refractivity contribution in [2.75, 3.05) is 0 Å². The van der Waals surface area contributed by atoms with E-state index in [1.54, 1.807) is 24.3 Å². The molecular weight excluding hydrogens is 273 g/mol. The highest BCUT2D eigenvalue weighted by atomic mass is 35.5. The standard InChI is InChI=1S/C13H6ClFNOS/c14-11-10(17)6-5-8-12(16-18-13(8)11)7-3-1-2-4-9(7)15/h1-6H. The number of nitrogens with zero attached hydrogens (tertiary/aromatic N) is 1. The van der Waals surface area contributed by atoms with Crippen molar-refractivity contribution in [1.82, 2.24) is 4.37 Å². The first-order valence-electron chi connectivity index (χ1n) is 5.18. The summed E-state index contributed by atoms with van der Waals surface area (Å²) in [7, 11) is 0. The number of hydrogen-bond donors (Lipinski definition) is 0. The molecule has 0 saturated carbocycles. The van der Waals surface area contributed by atoms with Gasteiger partial charge >= 0.3 is 0 Å². The predicted octanol–water partition coefficient (Wildman–Crippen LogP) is 4.90. The molecule has 0 bridgehead atoms. The second kappa shape index (κ2) is 4.23. The fraction of sp³-hybridized carbons (Fsp3) is 0. The van der Waals surface area contributed by atoms with E-state index in [2.05, 4.69) is 4.37 Å². The van der Waals surface area contributed by atoms with Crippen LogP contribution >= 0.6 is 23.1 Å². The summed E-state index contributed by atoms with van der Waals surface area (Å²) in [6.07, 6.45) is 0. The van der Waals surface area contributed by atoms with E-state index in [9.17, 15) is 9.50 Å². The highest BCUT2D eigenvalue weighted by molar-refractivity contribution is 7.14. The van der Waals surface area contributed by atoms with Gasteiger partial charge in [0.2, 0.25) is 0 Å². The first-order chi connectivity index (χ1) is 8.68. The second-order valence-electron chi connectivity index (χ2n) is 3.77. The average Bonchev–Trinajstić information content (AvgIpc) is 2.79. The molecule has 2 nitrogen and oxygen atoms in total. The first kappa shape index (κ1) is 11.4. The van der Waals surface area contributed by atoms with E-state index >= 15 is 0 Å². The Hall–Kier alpha value is -1.65. The number of rotatable bonds is 1. The van der Waals surface area contributed by atoms with E-state index in [-0.39, 0.29) is 16.6 Å². The largest absolute Gasteiger partial charge is 0.288 e. The zero-order valence-corrected chi connectivity index (χ0v) is 10.6. The lowest BCUT2D eigenvalue weighted by Gasteiger charge is -2.00. The maximum absolute atomic E-state index is 13.7. The van der Waals surface area contributed by atoms with Crippen LogP contribution in [-0.2, 0) is 5.11 Å². The SMILES string of the molecule is [O]c1ccc2c(-c3ccccc3F)nsc2c1Cl. The van der Waals surface area contributed by atoms with E-state index < -0.39 is 0 Å². The molecule has 1 radical (unpaired) electrons. The van der Waals surface area contributed by atoms with Crippen LogP contribution in [0.2, 0.25) is 5.02 Å². The van der Waals surface area contributed by atoms with Gasteiger partial charge in [0.1, 0.15) is 10.8 Å². The zero-order chi connectivity index (χ0) is 12.7. The molecule has 0 amide bonds. The maximum Gasteiger partial charge on any atom is 0.198 e. The first-order valence-corrected chi connectivity index (χ1v) is 6.33. The molecule has 3 aromatic rings. The van der Waals surface area contributed by atoms with Crippen LogP contribution in [0.1, 0.15) is 0 Å². The minimum absolute atomic E-state index is 0.146. The molecular formula is C13H6ClFNOS. The summed E-state index contributed by atoms with van der Waals surface area (Å²) in [6.45, 7) is 0. The molecule has 0 aliphatic carbocycles. The van der Waals surface area contributed by atoms with E-state index in [1.165, 1.54) is 12.1 Å². The molecule has 5 heteroatoms. The van der Waals surface area contributed by atoms with Gasteiger partial charge in [-0.15, -0.1) is 0 Å².